The van der Waals surface area contributed by atoms with Gasteiger partial charge in [0.15, 0.2) is 5.96 Å². The third-order valence-electron chi connectivity index (χ3n) is 3.63. The third-order valence-corrected chi connectivity index (χ3v) is 3.63. The molecule has 0 aliphatic carbocycles. The summed E-state index contributed by atoms with van der Waals surface area (Å²) in [5, 5.41) is 14.5. The van der Waals surface area contributed by atoms with Crippen LogP contribution in [-0.2, 0) is 13.0 Å². The molecule has 2 N–H and O–H groups in total. The Labute approximate surface area is 143 Å². The summed E-state index contributed by atoms with van der Waals surface area (Å²) < 4.78 is 7.80. The quantitative estimate of drug-likeness (QED) is 0.435. The van der Waals surface area contributed by atoms with E-state index in [2.05, 4.69) is 32.7 Å². The predicted molar refractivity (Wildman–Crippen MR) is 95.4 cm³/mol. The fourth-order valence-corrected chi connectivity index (χ4v) is 2.30. The van der Waals surface area contributed by atoms with E-state index in [0.29, 0.717) is 13.2 Å². The van der Waals surface area contributed by atoms with Crippen molar-refractivity contribution in [1.29, 1.82) is 0 Å². The second kappa shape index (κ2) is 9.54. The molecule has 0 atom stereocenters. The number of guanidine groups is 1. The van der Waals surface area contributed by atoms with Crippen LogP contribution in [0.1, 0.15) is 18.3 Å². The van der Waals surface area contributed by atoms with E-state index in [1.807, 2.05) is 35.8 Å². The molecule has 1 aromatic carbocycles. The number of benzene rings is 1. The van der Waals surface area contributed by atoms with E-state index < -0.39 is 0 Å². The van der Waals surface area contributed by atoms with Gasteiger partial charge in [-0.1, -0.05) is 25.1 Å². The average molecular weight is 330 g/mol. The molecular formula is C17H26N6O. The molecule has 0 saturated carbocycles. The summed E-state index contributed by atoms with van der Waals surface area (Å²) in [5.74, 6) is 2.67. The molecule has 0 aliphatic rings. The lowest BCUT2D eigenvalue weighted by Gasteiger charge is -2.13. The fourth-order valence-electron chi connectivity index (χ4n) is 2.30. The summed E-state index contributed by atoms with van der Waals surface area (Å²) in [7, 11) is 1.76. The summed E-state index contributed by atoms with van der Waals surface area (Å²) in [6.45, 7) is 6.93. The Hall–Kier alpha value is -2.57. The van der Waals surface area contributed by atoms with Crippen LogP contribution < -0.4 is 15.4 Å². The van der Waals surface area contributed by atoms with Gasteiger partial charge in [0.05, 0.1) is 6.54 Å². The molecule has 0 saturated heterocycles. The highest BCUT2D eigenvalue weighted by Crippen LogP contribution is 2.15. The minimum atomic E-state index is 0.580. The molecule has 24 heavy (non-hydrogen) atoms. The van der Waals surface area contributed by atoms with Crippen LogP contribution in [-0.4, -0.2) is 47.5 Å². The van der Waals surface area contributed by atoms with E-state index >= 15 is 0 Å². The van der Waals surface area contributed by atoms with E-state index in [0.717, 1.165) is 42.6 Å². The zero-order valence-corrected chi connectivity index (χ0v) is 14.6. The Kier molecular flexibility index (Phi) is 7.07. The van der Waals surface area contributed by atoms with Crippen molar-refractivity contribution in [3.05, 3.63) is 42.0 Å². The molecule has 1 aromatic heterocycles. The smallest absolute Gasteiger partial charge is 0.191 e. The van der Waals surface area contributed by atoms with Crippen molar-refractivity contribution in [1.82, 2.24) is 25.4 Å². The Morgan fingerprint density at radius 3 is 2.79 bits per heavy atom. The van der Waals surface area contributed by atoms with Gasteiger partial charge in [0.1, 0.15) is 24.5 Å². The van der Waals surface area contributed by atoms with Crippen LogP contribution in [0.5, 0.6) is 5.75 Å². The summed E-state index contributed by atoms with van der Waals surface area (Å²) in [6.07, 6.45) is 2.63. The van der Waals surface area contributed by atoms with Crippen LogP contribution in [0.4, 0.5) is 0 Å². The van der Waals surface area contributed by atoms with E-state index in [-0.39, 0.29) is 0 Å². The van der Waals surface area contributed by atoms with Crippen LogP contribution in [0.15, 0.2) is 35.6 Å². The Bertz CT molecular complexity index is 652. The molecule has 1 heterocycles. The molecule has 0 bridgehead atoms. The second-order valence-electron chi connectivity index (χ2n) is 5.33. The van der Waals surface area contributed by atoms with Gasteiger partial charge >= 0.3 is 0 Å². The summed E-state index contributed by atoms with van der Waals surface area (Å²) >= 11 is 0. The lowest BCUT2D eigenvalue weighted by Crippen LogP contribution is -2.40. The van der Waals surface area contributed by atoms with Crippen molar-refractivity contribution in [2.75, 3.05) is 26.7 Å². The minimum absolute atomic E-state index is 0.580. The maximum absolute atomic E-state index is 5.76. The first-order valence-electron chi connectivity index (χ1n) is 8.24. The Balaban J connectivity index is 1.66. The maximum atomic E-state index is 5.76. The fraction of sp³-hybridized carbons (Fsp3) is 0.471. The number of hydrogen-bond donors (Lipinski definition) is 2. The zero-order valence-electron chi connectivity index (χ0n) is 14.6. The van der Waals surface area contributed by atoms with E-state index in [4.69, 9.17) is 4.74 Å². The first kappa shape index (κ1) is 17.8. The number of aryl methyl sites for hydroxylation is 2. The highest BCUT2D eigenvalue weighted by molar-refractivity contribution is 5.79. The number of nitrogens with one attached hydrogen (secondary N) is 2. The largest absolute Gasteiger partial charge is 0.491 e. The third kappa shape index (κ3) is 5.26. The van der Waals surface area contributed by atoms with Gasteiger partial charge in [-0.3, -0.25) is 4.99 Å². The number of hydrogen-bond acceptors (Lipinski definition) is 4. The Morgan fingerprint density at radius 1 is 1.25 bits per heavy atom. The SMILES string of the molecule is CCc1nncn1CCNC(=NC)NCCOc1ccccc1C. The van der Waals surface area contributed by atoms with Crippen molar-refractivity contribution in [2.24, 2.45) is 4.99 Å². The predicted octanol–water partition coefficient (Wildman–Crippen LogP) is 1.39. The van der Waals surface area contributed by atoms with Gasteiger partial charge in [-0.15, -0.1) is 10.2 Å². The van der Waals surface area contributed by atoms with Gasteiger partial charge < -0.3 is 19.9 Å². The molecule has 7 nitrogen and oxygen atoms in total. The molecule has 130 valence electrons. The summed E-state index contributed by atoms with van der Waals surface area (Å²) in [6, 6.07) is 8.00. The lowest BCUT2D eigenvalue weighted by atomic mass is 10.2. The van der Waals surface area contributed by atoms with Gasteiger partial charge in [0, 0.05) is 26.6 Å². The first-order valence-corrected chi connectivity index (χ1v) is 8.24. The number of ether oxygens (including phenoxy) is 1. The molecule has 0 amide bonds. The van der Waals surface area contributed by atoms with Gasteiger partial charge in [0.2, 0.25) is 0 Å². The van der Waals surface area contributed by atoms with Crippen molar-refractivity contribution >= 4 is 5.96 Å². The van der Waals surface area contributed by atoms with Crippen LogP contribution >= 0.6 is 0 Å². The van der Waals surface area contributed by atoms with Crippen LogP contribution in [0.3, 0.4) is 0 Å². The number of nitrogens with zero attached hydrogens (tertiary/aromatic N) is 4. The summed E-state index contributed by atoms with van der Waals surface area (Å²) in [4.78, 5) is 4.21. The van der Waals surface area contributed by atoms with Gasteiger partial charge in [0.25, 0.3) is 0 Å². The highest BCUT2D eigenvalue weighted by Gasteiger charge is 2.02. The topological polar surface area (TPSA) is 76.4 Å². The number of aromatic nitrogens is 3. The van der Waals surface area contributed by atoms with Gasteiger partial charge in [-0.05, 0) is 18.6 Å². The second-order valence-corrected chi connectivity index (χ2v) is 5.33. The number of para-hydroxylation sites is 1. The minimum Gasteiger partial charge on any atom is -0.491 e. The maximum Gasteiger partial charge on any atom is 0.191 e. The van der Waals surface area contributed by atoms with E-state index in [1.165, 1.54) is 0 Å². The van der Waals surface area contributed by atoms with Crippen molar-refractivity contribution in [3.8, 4) is 5.75 Å². The highest BCUT2D eigenvalue weighted by atomic mass is 16.5. The normalized spacial score (nSPS) is 11.4. The van der Waals surface area contributed by atoms with Crippen LogP contribution in [0.25, 0.3) is 0 Å². The van der Waals surface area contributed by atoms with E-state index in [1.54, 1.807) is 13.4 Å². The Morgan fingerprint density at radius 2 is 2.04 bits per heavy atom. The molecular weight excluding hydrogens is 304 g/mol. The molecule has 7 heteroatoms. The number of rotatable bonds is 8. The van der Waals surface area contributed by atoms with Crippen molar-refractivity contribution in [2.45, 2.75) is 26.8 Å². The molecule has 2 rings (SSSR count). The van der Waals surface area contributed by atoms with Gasteiger partial charge in [-0.2, -0.15) is 0 Å². The monoisotopic (exact) mass is 330 g/mol. The average Bonchev–Trinajstić information content (AvgIpc) is 3.06. The molecule has 0 radical (unpaired) electrons. The van der Waals surface area contributed by atoms with Crippen LogP contribution in [0, 0.1) is 6.92 Å². The van der Waals surface area contributed by atoms with Crippen molar-refractivity contribution < 1.29 is 4.74 Å². The molecule has 0 spiro atoms. The molecule has 0 fully saturated rings. The van der Waals surface area contributed by atoms with Gasteiger partial charge in [-0.25, -0.2) is 0 Å². The first-order chi connectivity index (χ1) is 11.7. The lowest BCUT2D eigenvalue weighted by molar-refractivity contribution is 0.320. The zero-order chi connectivity index (χ0) is 17.2. The molecule has 0 aliphatic heterocycles. The number of aliphatic imine (C=N–C) groups is 1. The van der Waals surface area contributed by atoms with E-state index in [9.17, 15) is 0 Å². The van der Waals surface area contributed by atoms with Crippen molar-refractivity contribution in [3.63, 3.8) is 0 Å². The standard InChI is InChI=1S/C17H26N6O/c1-4-16-22-21-13-23(16)11-9-19-17(18-3)20-10-12-24-15-8-6-5-7-14(15)2/h5-8,13H,4,9-12H2,1-3H3,(H2,18,19,20). The summed E-state index contributed by atoms with van der Waals surface area (Å²) in [5.41, 5.74) is 1.14. The van der Waals surface area contributed by atoms with Crippen LogP contribution in [0.2, 0.25) is 0 Å². The molecule has 2 aromatic rings. The molecule has 0 unspecified atom stereocenters.